The van der Waals surface area contributed by atoms with Crippen molar-refractivity contribution in [3.05, 3.63) is 0 Å². The van der Waals surface area contributed by atoms with Gasteiger partial charge in [0, 0.05) is 24.2 Å². The van der Waals surface area contributed by atoms with E-state index in [-0.39, 0.29) is 66.5 Å². The molecule has 8 aliphatic rings. The fourth-order valence-corrected chi connectivity index (χ4v) is 14.2. The van der Waals surface area contributed by atoms with Gasteiger partial charge in [0.2, 0.25) is 0 Å². The molecule has 8 rings (SSSR count). The lowest BCUT2D eigenvalue weighted by Crippen LogP contribution is -2.67. The summed E-state index contributed by atoms with van der Waals surface area (Å²) in [4.78, 5) is 0. The Balaban J connectivity index is 0.868. The molecule has 1 unspecified atom stereocenters. The van der Waals surface area contributed by atoms with Gasteiger partial charge in [0.15, 0.2) is 24.7 Å². The average Bonchev–Trinajstić information content (AvgIpc) is 3.72. The molecular formula is C45H76O21. The SMILES string of the molecule is CC(CC[C@@]1(O)O[C@H]2C[C@H]3[C@@H]4CC[C@@]5(O)C[C@@H](O[C@@H]6O[C@H](CO)[C@@H](O[C@@H]7O[C@H](CO)[C@@H](O)[C@H](O)[C@H]7O)[C@H](O)[C@H]6O)[C@H](O)C[C@]5(C)[C@H]4CC[C@]3(C)[C@H]2[C@@H]1C)CO[C@@H]1O[C@H](CO)[C@@H](O)[C@H](O)[C@H]1O. The van der Waals surface area contributed by atoms with Crippen LogP contribution in [0.4, 0.5) is 0 Å². The molecule has 0 aromatic rings. The van der Waals surface area contributed by atoms with Gasteiger partial charge in [-0.15, -0.1) is 0 Å². The first-order valence-corrected chi connectivity index (χ1v) is 24.0. The largest absolute Gasteiger partial charge is 0.394 e. The number of rotatable bonds is 13. The third kappa shape index (κ3) is 8.63. The van der Waals surface area contributed by atoms with E-state index in [0.29, 0.717) is 25.7 Å². The molecule has 0 spiro atoms. The van der Waals surface area contributed by atoms with Crippen LogP contribution < -0.4 is 0 Å². The highest BCUT2D eigenvalue weighted by Gasteiger charge is 2.71. The first kappa shape index (κ1) is 51.5. The second kappa shape index (κ2) is 19.3. The highest BCUT2D eigenvalue weighted by Crippen LogP contribution is 2.71. The molecule has 4 saturated carbocycles. The van der Waals surface area contributed by atoms with Crippen LogP contribution in [-0.4, -0.2) is 220 Å². The minimum atomic E-state index is -1.82. The van der Waals surface area contributed by atoms with Gasteiger partial charge in [-0.2, -0.15) is 0 Å². The molecule has 382 valence electrons. The van der Waals surface area contributed by atoms with Crippen LogP contribution in [0.25, 0.3) is 0 Å². The van der Waals surface area contributed by atoms with Crippen LogP contribution in [0, 0.1) is 46.3 Å². The zero-order valence-corrected chi connectivity index (χ0v) is 38.2. The Bertz CT molecular complexity index is 1640. The van der Waals surface area contributed by atoms with Gasteiger partial charge in [-0.1, -0.05) is 27.7 Å². The fraction of sp³-hybridized carbons (Fsp3) is 1.00. The Hall–Kier alpha value is -0.840. The molecule has 4 aliphatic heterocycles. The molecule has 21 nitrogen and oxygen atoms in total. The van der Waals surface area contributed by atoms with E-state index in [9.17, 15) is 71.5 Å². The highest BCUT2D eigenvalue weighted by molar-refractivity contribution is 5.18. The zero-order valence-electron chi connectivity index (χ0n) is 38.2. The van der Waals surface area contributed by atoms with Crippen molar-refractivity contribution < 1.29 is 105 Å². The number of fused-ring (bicyclic) bond motifs is 7. The lowest BCUT2D eigenvalue weighted by molar-refractivity contribution is -0.369. The molecule has 66 heavy (non-hydrogen) atoms. The predicted octanol–water partition coefficient (Wildman–Crippen LogP) is -3.69. The van der Waals surface area contributed by atoms with Gasteiger partial charge in [-0.05, 0) is 80.0 Å². The highest BCUT2D eigenvalue weighted by atomic mass is 16.7. The van der Waals surface area contributed by atoms with Crippen molar-refractivity contribution in [3.8, 4) is 0 Å². The molecule has 4 heterocycles. The Kier molecular flexibility index (Phi) is 15.1. The molecule has 0 amide bonds. The first-order chi connectivity index (χ1) is 31.1. The molecule has 4 aliphatic carbocycles. The van der Waals surface area contributed by atoms with E-state index in [2.05, 4.69) is 13.8 Å². The van der Waals surface area contributed by atoms with Gasteiger partial charge in [0.1, 0.15) is 73.2 Å². The van der Waals surface area contributed by atoms with Gasteiger partial charge in [0.25, 0.3) is 0 Å². The fourth-order valence-electron chi connectivity index (χ4n) is 14.2. The molecule has 28 atom stereocenters. The summed E-state index contributed by atoms with van der Waals surface area (Å²) in [6.07, 6.45) is -20.8. The predicted molar refractivity (Wildman–Crippen MR) is 222 cm³/mol. The van der Waals surface area contributed by atoms with E-state index in [0.717, 1.165) is 19.3 Å². The van der Waals surface area contributed by atoms with E-state index in [4.69, 9.17) is 33.2 Å². The van der Waals surface area contributed by atoms with Crippen molar-refractivity contribution in [2.45, 2.75) is 207 Å². The summed E-state index contributed by atoms with van der Waals surface area (Å²) in [7, 11) is 0. The standard InChI is InChI=1S/C45H76O21/c1-18(17-60-39-35(55)32(52)30(50)26(14-46)62-39)5-10-45(59)19(2)29-24(66-45)11-22-20-6-9-44(58)13-25(23(49)12-43(44,4)21(20)7-8-42(22,29)3)61-40-37(57)34(54)38(28(16-48)64-40)65-41-36(56)33(53)31(51)27(15-47)63-41/h18-41,46-59H,5-17H2,1-4H3/t18?,19-,20+,21-,22-,23+,24-,25+,26+,27+,28+,29-,30+,31+,32-,33-,34+,35+,36+,37+,38+,39+,40+,41-,42-,43+,44+,45+/m0/s1. The number of aliphatic hydroxyl groups is 14. The molecule has 21 heteroatoms. The number of ether oxygens (including phenoxy) is 7. The molecule has 14 N–H and O–H groups in total. The topological polar surface area (TPSA) is 348 Å². The van der Waals surface area contributed by atoms with Gasteiger partial charge < -0.3 is 105 Å². The Morgan fingerprint density at radius 3 is 1.86 bits per heavy atom. The van der Waals surface area contributed by atoms with Gasteiger partial charge in [0.05, 0.1) is 50.3 Å². The zero-order chi connectivity index (χ0) is 48.0. The van der Waals surface area contributed by atoms with Crippen LogP contribution in [0.5, 0.6) is 0 Å². The van der Waals surface area contributed by atoms with Crippen LogP contribution >= 0.6 is 0 Å². The Morgan fingerprint density at radius 1 is 0.652 bits per heavy atom. The first-order valence-electron chi connectivity index (χ1n) is 24.0. The van der Waals surface area contributed by atoms with E-state index >= 15 is 0 Å². The number of hydrogen-bond donors (Lipinski definition) is 14. The molecule has 0 radical (unpaired) electrons. The van der Waals surface area contributed by atoms with Crippen LogP contribution in [0.2, 0.25) is 0 Å². The molecule has 0 aromatic carbocycles. The summed E-state index contributed by atoms with van der Waals surface area (Å²) in [6, 6.07) is 0. The smallest absolute Gasteiger partial charge is 0.187 e. The Morgan fingerprint density at radius 2 is 1.23 bits per heavy atom. The van der Waals surface area contributed by atoms with Crippen molar-refractivity contribution >= 4 is 0 Å². The monoisotopic (exact) mass is 952 g/mol. The second-order valence-corrected chi connectivity index (χ2v) is 21.8. The van der Waals surface area contributed by atoms with E-state index in [1.807, 2.05) is 13.8 Å². The summed E-state index contributed by atoms with van der Waals surface area (Å²) in [5.74, 6) is -1.05. The summed E-state index contributed by atoms with van der Waals surface area (Å²) in [5.41, 5.74) is -2.13. The van der Waals surface area contributed by atoms with Gasteiger partial charge in [-0.25, -0.2) is 0 Å². The van der Waals surface area contributed by atoms with E-state index < -0.39 is 141 Å². The van der Waals surface area contributed by atoms with E-state index in [1.54, 1.807) is 0 Å². The Labute approximate surface area is 384 Å². The third-order valence-corrected chi connectivity index (χ3v) is 18.2. The quantitative estimate of drug-likeness (QED) is 0.0790. The van der Waals surface area contributed by atoms with Crippen LogP contribution in [0.15, 0.2) is 0 Å². The molecule has 0 aromatic heterocycles. The van der Waals surface area contributed by atoms with Crippen LogP contribution in [-0.2, 0) is 33.2 Å². The van der Waals surface area contributed by atoms with Crippen molar-refractivity contribution in [2.24, 2.45) is 46.3 Å². The molecule has 0 bridgehead atoms. The van der Waals surface area contributed by atoms with Gasteiger partial charge in [-0.3, -0.25) is 0 Å². The van der Waals surface area contributed by atoms with Crippen molar-refractivity contribution in [2.75, 3.05) is 26.4 Å². The number of aliphatic hydroxyl groups excluding tert-OH is 12. The third-order valence-electron chi connectivity index (χ3n) is 18.2. The number of hydrogen-bond acceptors (Lipinski definition) is 21. The summed E-state index contributed by atoms with van der Waals surface area (Å²) < 4.78 is 41.0. The maximum absolute atomic E-state index is 12.6. The normalized spacial score (nSPS) is 56.5. The lowest BCUT2D eigenvalue weighted by atomic mass is 9.42. The van der Waals surface area contributed by atoms with Crippen LogP contribution in [0.1, 0.15) is 85.5 Å². The average molecular weight is 953 g/mol. The lowest BCUT2D eigenvalue weighted by Gasteiger charge is -2.65. The molecule has 4 saturated heterocycles. The molecule has 8 fully saturated rings. The van der Waals surface area contributed by atoms with Crippen molar-refractivity contribution in [1.29, 1.82) is 0 Å². The van der Waals surface area contributed by atoms with Gasteiger partial charge >= 0.3 is 0 Å². The van der Waals surface area contributed by atoms with Crippen LogP contribution in [0.3, 0.4) is 0 Å². The molecular weight excluding hydrogens is 876 g/mol. The summed E-state index contributed by atoms with van der Waals surface area (Å²) in [6.45, 7) is 6.44. The maximum Gasteiger partial charge on any atom is 0.187 e. The maximum atomic E-state index is 12.6. The minimum Gasteiger partial charge on any atom is -0.394 e. The summed E-state index contributed by atoms with van der Waals surface area (Å²) in [5, 5.41) is 150. The van der Waals surface area contributed by atoms with Crippen molar-refractivity contribution in [1.82, 2.24) is 0 Å². The van der Waals surface area contributed by atoms with Crippen molar-refractivity contribution in [3.63, 3.8) is 0 Å². The minimum absolute atomic E-state index is 0.0114. The van der Waals surface area contributed by atoms with E-state index in [1.165, 1.54) is 0 Å². The summed E-state index contributed by atoms with van der Waals surface area (Å²) >= 11 is 0. The second-order valence-electron chi connectivity index (χ2n) is 21.8.